The van der Waals surface area contributed by atoms with E-state index in [1.54, 1.807) is 13.8 Å². The fourth-order valence-electron chi connectivity index (χ4n) is 5.28. The lowest BCUT2D eigenvalue weighted by molar-refractivity contribution is -0.141. The van der Waals surface area contributed by atoms with Crippen molar-refractivity contribution in [1.82, 2.24) is 0 Å². The maximum Gasteiger partial charge on any atom is 0.335 e. The zero-order chi connectivity index (χ0) is 21.0. The monoisotopic (exact) mass is 394 g/mol. The second kappa shape index (κ2) is 6.55. The number of carbonyl (C=O) groups excluding carboxylic acids is 2. The first-order valence-corrected chi connectivity index (χ1v) is 9.52. The van der Waals surface area contributed by atoms with Gasteiger partial charge in [-0.15, -0.1) is 0 Å². The highest BCUT2D eigenvalue weighted by Crippen LogP contribution is 2.65. The summed E-state index contributed by atoms with van der Waals surface area (Å²) in [5.41, 5.74) is 1.64. The van der Waals surface area contributed by atoms with Crippen LogP contribution in [0.25, 0.3) is 0 Å². The molecule has 0 aromatic heterocycles. The molecule has 0 amide bonds. The molecule has 0 heterocycles. The minimum absolute atomic E-state index is 0.178. The van der Waals surface area contributed by atoms with Crippen molar-refractivity contribution in [2.75, 3.05) is 20.9 Å². The summed E-state index contributed by atoms with van der Waals surface area (Å²) in [5, 5.41) is 0. The molecule has 150 valence electrons. The molecule has 5 heteroatoms. The Labute approximate surface area is 169 Å². The lowest BCUT2D eigenvalue weighted by Crippen LogP contribution is -2.55. The smallest absolute Gasteiger partial charge is 0.335 e. The van der Waals surface area contributed by atoms with Crippen LogP contribution in [0.15, 0.2) is 59.7 Å². The summed E-state index contributed by atoms with van der Waals surface area (Å²) in [4.78, 5) is 26.1. The molecule has 5 rings (SSSR count). The Hall–Kier alpha value is -2.95. The summed E-state index contributed by atoms with van der Waals surface area (Å²) in [6, 6.07) is 15.3. The van der Waals surface area contributed by atoms with Crippen LogP contribution in [-0.4, -0.2) is 32.8 Å². The molecule has 4 nitrogen and oxygen atoms in total. The van der Waals surface area contributed by atoms with E-state index < -0.39 is 35.4 Å². The van der Waals surface area contributed by atoms with Crippen LogP contribution < -0.4 is 0 Å². The zero-order valence-corrected chi connectivity index (χ0v) is 16.9. The standard InChI is InChI=1S/C24H23FO4/c1-23(2,13-25)24-16-11-7-5-9-14(16)18(15-10-6-8-12-17(15)24)19(21(26)28-3)20(24)22(27)29-4/h5-12,18H,13H2,1-4H3. The first kappa shape index (κ1) is 19.4. The van der Waals surface area contributed by atoms with E-state index in [2.05, 4.69) is 0 Å². The highest BCUT2D eigenvalue weighted by atomic mass is 19.1. The summed E-state index contributed by atoms with van der Waals surface area (Å²) in [6.07, 6.45) is 0. The number of alkyl halides is 1. The SMILES string of the molecule is COC(=O)C1=C(C(=O)OC)C2(C(C)(C)CF)c3ccccc3C1c1ccccc12. The van der Waals surface area contributed by atoms with Gasteiger partial charge in [0.05, 0.1) is 37.5 Å². The van der Waals surface area contributed by atoms with E-state index in [1.165, 1.54) is 14.2 Å². The van der Waals surface area contributed by atoms with Crippen LogP contribution in [0.2, 0.25) is 0 Å². The zero-order valence-electron chi connectivity index (χ0n) is 16.9. The summed E-state index contributed by atoms with van der Waals surface area (Å²) in [5.74, 6) is -1.71. The van der Waals surface area contributed by atoms with Gasteiger partial charge in [0.15, 0.2) is 0 Å². The van der Waals surface area contributed by atoms with Gasteiger partial charge in [-0.05, 0) is 22.3 Å². The van der Waals surface area contributed by atoms with Crippen LogP contribution in [0.1, 0.15) is 42.0 Å². The predicted octanol–water partition coefficient (Wildman–Crippen LogP) is 4.07. The molecular weight excluding hydrogens is 371 g/mol. The van der Waals surface area contributed by atoms with Crippen LogP contribution in [0.5, 0.6) is 0 Å². The number of esters is 2. The number of hydrogen-bond acceptors (Lipinski definition) is 4. The fourth-order valence-corrected chi connectivity index (χ4v) is 5.28. The second-order valence-electron chi connectivity index (χ2n) is 8.15. The van der Waals surface area contributed by atoms with Gasteiger partial charge in [0.1, 0.15) is 0 Å². The van der Waals surface area contributed by atoms with Crippen LogP contribution in [0.3, 0.4) is 0 Å². The summed E-state index contributed by atoms with van der Waals surface area (Å²) < 4.78 is 24.9. The van der Waals surface area contributed by atoms with E-state index in [9.17, 15) is 14.0 Å². The Balaban J connectivity index is 2.27. The van der Waals surface area contributed by atoms with Crippen molar-refractivity contribution < 1.29 is 23.5 Å². The average molecular weight is 394 g/mol. The van der Waals surface area contributed by atoms with Gasteiger partial charge in [-0.2, -0.15) is 0 Å². The summed E-state index contributed by atoms with van der Waals surface area (Å²) in [6.45, 7) is 2.86. The Morgan fingerprint density at radius 3 is 1.86 bits per heavy atom. The van der Waals surface area contributed by atoms with E-state index in [0.29, 0.717) is 0 Å². The molecule has 0 N–H and O–H groups in total. The summed E-state index contributed by atoms with van der Waals surface area (Å²) >= 11 is 0. The van der Waals surface area contributed by atoms with Crippen LogP contribution in [-0.2, 0) is 24.5 Å². The molecule has 0 saturated carbocycles. The van der Waals surface area contributed by atoms with E-state index in [4.69, 9.17) is 9.47 Å². The van der Waals surface area contributed by atoms with Gasteiger partial charge in [0.25, 0.3) is 0 Å². The van der Waals surface area contributed by atoms with Gasteiger partial charge < -0.3 is 9.47 Å². The van der Waals surface area contributed by atoms with Gasteiger partial charge in [-0.3, -0.25) is 4.39 Å². The molecule has 2 bridgehead atoms. The number of carbonyl (C=O) groups is 2. The molecule has 2 aromatic carbocycles. The third kappa shape index (κ3) is 2.24. The van der Waals surface area contributed by atoms with Crippen molar-refractivity contribution in [3.8, 4) is 0 Å². The van der Waals surface area contributed by atoms with Crippen molar-refractivity contribution in [3.63, 3.8) is 0 Å². The molecule has 0 aliphatic heterocycles. The van der Waals surface area contributed by atoms with Gasteiger partial charge in [-0.1, -0.05) is 62.4 Å². The molecule has 29 heavy (non-hydrogen) atoms. The minimum atomic E-state index is -1.18. The van der Waals surface area contributed by atoms with Crippen molar-refractivity contribution in [3.05, 3.63) is 81.9 Å². The second-order valence-corrected chi connectivity index (χ2v) is 8.15. The Morgan fingerprint density at radius 2 is 1.41 bits per heavy atom. The van der Waals surface area contributed by atoms with Crippen LogP contribution in [0, 0.1) is 5.41 Å². The molecule has 2 aromatic rings. The average Bonchev–Trinajstić information content (AvgIpc) is 2.77. The van der Waals surface area contributed by atoms with Crippen molar-refractivity contribution in [2.24, 2.45) is 5.41 Å². The van der Waals surface area contributed by atoms with E-state index in [0.717, 1.165) is 22.3 Å². The molecule has 0 saturated heterocycles. The predicted molar refractivity (Wildman–Crippen MR) is 106 cm³/mol. The Morgan fingerprint density at radius 1 is 0.931 bits per heavy atom. The van der Waals surface area contributed by atoms with Crippen LogP contribution >= 0.6 is 0 Å². The quantitative estimate of drug-likeness (QED) is 0.734. The molecule has 0 radical (unpaired) electrons. The van der Waals surface area contributed by atoms with Crippen LogP contribution in [0.4, 0.5) is 4.39 Å². The number of halogens is 1. The highest BCUT2D eigenvalue weighted by Gasteiger charge is 2.63. The molecular formula is C24H23FO4. The van der Waals surface area contributed by atoms with Gasteiger partial charge in [0.2, 0.25) is 0 Å². The molecule has 3 aliphatic rings. The maximum atomic E-state index is 14.7. The minimum Gasteiger partial charge on any atom is -0.466 e. The van der Waals surface area contributed by atoms with Crippen molar-refractivity contribution in [1.29, 1.82) is 0 Å². The fraction of sp³-hybridized carbons (Fsp3) is 0.333. The number of hydrogen-bond donors (Lipinski definition) is 0. The maximum absolute atomic E-state index is 14.7. The van der Waals surface area contributed by atoms with E-state index >= 15 is 0 Å². The van der Waals surface area contributed by atoms with Gasteiger partial charge in [-0.25, -0.2) is 9.59 Å². The summed E-state index contributed by atoms with van der Waals surface area (Å²) in [7, 11) is 2.57. The number of benzene rings is 2. The molecule has 0 atom stereocenters. The number of rotatable bonds is 4. The van der Waals surface area contributed by atoms with E-state index in [1.807, 2.05) is 48.5 Å². The number of ether oxygens (including phenoxy) is 2. The molecule has 0 spiro atoms. The normalized spacial score (nSPS) is 22.0. The topological polar surface area (TPSA) is 52.6 Å². The Kier molecular flexibility index (Phi) is 4.37. The lowest BCUT2D eigenvalue weighted by Gasteiger charge is -2.56. The molecule has 0 unspecified atom stereocenters. The van der Waals surface area contributed by atoms with E-state index in [-0.39, 0.29) is 11.1 Å². The molecule has 3 aliphatic carbocycles. The van der Waals surface area contributed by atoms with Crippen molar-refractivity contribution in [2.45, 2.75) is 25.2 Å². The first-order chi connectivity index (χ1) is 13.9. The highest BCUT2D eigenvalue weighted by molar-refractivity contribution is 6.07. The number of methoxy groups -OCH3 is 2. The lowest BCUT2D eigenvalue weighted by atomic mass is 9.45. The molecule has 0 fully saturated rings. The third-order valence-corrected chi connectivity index (χ3v) is 6.43. The van der Waals surface area contributed by atoms with Gasteiger partial charge in [0, 0.05) is 11.3 Å². The third-order valence-electron chi connectivity index (χ3n) is 6.43. The van der Waals surface area contributed by atoms with Gasteiger partial charge >= 0.3 is 11.9 Å². The van der Waals surface area contributed by atoms with Crippen molar-refractivity contribution >= 4 is 11.9 Å². The largest absolute Gasteiger partial charge is 0.466 e. The first-order valence-electron chi connectivity index (χ1n) is 9.52. The Bertz CT molecular complexity index is 1000.